The fraction of sp³-hybridized carbons (Fsp3) is 0.333. The Balaban J connectivity index is 1.87. The van der Waals surface area contributed by atoms with Gasteiger partial charge < -0.3 is 5.32 Å². The lowest BCUT2D eigenvalue weighted by Crippen LogP contribution is -2.18. The van der Waals surface area contributed by atoms with Crippen LogP contribution in [0.25, 0.3) is 5.78 Å². The number of carbonyl (C=O) groups is 1. The molecule has 1 amide bonds. The second-order valence-corrected chi connectivity index (χ2v) is 6.36. The van der Waals surface area contributed by atoms with Crippen molar-refractivity contribution in [1.29, 1.82) is 0 Å². The lowest BCUT2D eigenvalue weighted by atomic mass is 10.1. The Kier molecular flexibility index (Phi) is 4.99. The third-order valence-electron chi connectivity index (χ3n) is 4.05. The number of aryl methyl sites for hydroxylation is 3. The maximum absolute atomic E-state index is 12.4. The Hall–Kier alpha value is -2.47. The Labute approximate surface area is 151 Å². The average molecular weight is 358 g/mol. The summed E-state index contributed by atoms with van der Waals surface area (Å²) in [5, 5.41) is 7.85. The van der Waals surface area contributed by atoms with Gasteiger partial charge in [-0.3, -0.25) is 4.79 Å². The van der Waals surface area contributed by atoms with Crippen LogP contribution in [0.3, 0.4) is 0 Å². The molecule has 0 spiro atoms. The predicted molar refractivity (Wildman–Crippen MR) is 98.0 cm³/mol. The molecule has 2 heterocycles. The molecule has 2 aromatic heterocycles. The quantitative estimate of drug-likeness (QED) is 0.758. The number of nitrogens with one attached hydrogen (secondary N) is 1. The Bertz CT molecular complexity index is 935. The van der Waals surface area contributed by atoms with Gasteiger partial charge in [-0.1, -0.05) is 30.7 Å². The number of hydrogen-bond acceptors (Lipinski definition) is 4. The zero-order chi connectivity index (χ0) is 18.0. The Morgan fingerprint density at radius 2 is 2.00 bits per heavy atom. The lowest BCUT2D eigenvalue weighted by Gasteiger charge is -2.11. The molecule has 3 rings (SSSR count). The highest BCUT2D eigenvalue weighted by molar-refractivity contribution is 6.33. The molecule has 0 aliphatic rings. The fourth-order valence-electron chi connectivity index (χ4n) is 2.75. The third-order valence-corrected chi connectivity index (χ3v) is 4.38. The monoisotopic (exact) mass is 357 g/mol. The highest BCUT2D eigenvalue weighted by Crippen LogP contribution is 2.21. The van der Waals surface area contributed by atoms with Gasteiger partial charge in [0, 0.05) is 23.4 Å². The van der Waals surface area contributed by atoms with Gasteiger partial charge in [0.2, 0.25) is 5.91 Å². The van der Waals surface area contributed by atoms with E-state index in [2.05, 4.69) is 27.3 Å². The first-order valence-electron chi connectivity index (χ1n) is 8.25. The van der Waals surface area contributed by atoms with Crippen molar-refractivity contribution < 1.29 is 4.79 Å². The van der Waals surface area contributed by atoms with E-state index < -0.39 is 0 Å². The van der Waals surface area contributed by atoms with Crippen molar-refractivity contribution in [3.05, 3.63) is 52.1 Å². The molecule has 6 nitrogen and oxygen atoms in total. The first-order valence-corrected chi connectivity index (χ1v) is 8.63. The summed E-state index contributed by atoms with van der Waals surface area (Å²) in [5.74, 6) is 1.21. The molecule has 3 aromatic rings. The summed E-state index contributed by atoms with van der Waals surface area (Å²) in [6.45, 7) is 5.91. The van der Waals surface area contributed by atoms with Crippen molar-refractivity contribution in [3.63, 3.8) is 0 Å². The summed E-state index contributed by atoms with van der Waals surface area (Å²) in [7, 11) is 0. The molecule has 0 aliphatic heterocycles. The number of aromatic nitrogens is 4. The number of para-hydroxylation sites is 1. The van der Waals surface area contributed by atoms with Gasteiger partial charge in [0.05, 0.1) is 17.1 Å². The number of rotatable bonds is 5. The van der Waals surface area contributed by atoms with Gasteiger partial charge in [-0.15, -0.1) is 5.10 Å². The minimum atomic E-state index is -0.144. The summed E-state index contributed by atoms with van der Waals surface area (Å²) in [6, 6.07) is 7.17. The van der Waals surface area contributed by atoms with E-state index >= 15 is 0 Å². The first kappa shape index (κ1) is 17.4. The fourth-order valence-corrected chi connectivity index (χ4v) is 2.94. The van der Waals surface area contributed by atoms with Crippen LogP contribution in [0.1, 0.15) is 36.1 Å². The van der Waals surface area contributed by atoms with E-state index in [1.807, 2.05) is 26.0 Å². The molecule has 0 radical (unpaired) electrons. The second kappa shape index (κ2) is 7.19. The zero-order valence-electron chi connectivity index (χ0n) is 14.5. The highest BCUT2D eigenvalue weighted by atomic mass is 35.5. The predicted octanol–water partition coefficient (Wildman–Crippen LogP) is 3.53. The van der Waals surface area contributed by atoms with Crippen LogP contribution < -0.4 is 5.32 Å². The van der Waals surface area contributed by atoms with Crippen molar-refractivity contribution in [2.45, 2.75) is 40.0 Å². The van der Waals surface area contributed by atoms with Crippen LogP contribution >= 0.6 is 11.6 Å². The van der Waals surface area contributed by atoms with Crippen LogP contribution in [0.4, 0.5) is 5.69 Å². The van der Waals surface area contributed by atoms with Gasteiger partial charge in [-0.25, -0.2) is 9.50 Å². The number of halogens is 1. The van der Waals surface area contributed by atoms with Crippen molar-refractivity contribution in [2.24, 2.45) is 0 Å². The molecular formula is C18H20ClN5O. The van der Waals surface area contributed by atoms with Gasteiger partial charge >= 0.3 is 0 Å². The molecule has 1 N–H and O–H groups in total. The highest BCUT2D eigenvalue weighted by Gasteiger charge is 2.16. The number of anilines is 1. The van der Waals surface area contributed by atoms with Gasteiger partial charge in [0.1, 0.15) is 0 Å². The number of fused-ring (bicyclic) bond motifs is 1. The average Bonchev–Trinajstić information content (AvgIpc) is 2.97. The molecule has 0 bridgehead atoms. The number of benzene rings is 1. The molecule has 0 fully saturated rings. The largest absolute Gasteiger partial charge is 0.324 e. The topological polar surface area (TPSA) is 72.2 Å². The Morgan fingerprint density at radius 1 is 1.24 bits per heavy atom. The van der Waals surface area contributed by atoms with Gasteiger partial charge in [-0.05, 0) is 32.4 Å². The molecule has 7 heteroatoms. The van der Waals surface area contributed by atoms with E-state index in [1.54, 1.807) is 16.6 Å². The normalized spacial score (nSPS) is 11.0. The van der Waals surface area contributed by atoms with Gasteiger partial charge in [0.25, 0.3) is 5.78 Å². The minimum Gasteiger partial charge on any atom is -0.324 e. The van der Waals surface area contributed by atoms with E-state index in [4.69, 9.17) is 11.6 Å². The molecule has 0 unspecified atom stereocenters. The zero-order valence-corrected chi connectivity index (χ0v) is 15.3. The lowest BCUT2D eigenvalue weighted by molar-refractivity contribution is -0.115. The molecule has 0 saturated carbocycles. The third kappa shape index (κ3) is 3.64. The number of nitrogens with zero attached hydrogens (tertiary/aromatic N) is 4. The van der Waals surface area contributed by atoms with E-state index in [0.717, 1.165) is 35.6 Å². The summed E-state index contributed by atoms with van der Waals surface area (Å²) in [4.78, 5) is 21.4. The number of hydrogen-bond donors (Lipinski definition) is 1. The smallest absolute Gasteiger partial charge is 0.252 e. The van der Waals surface area contributed by atoms with Gasteiger partial charge in [0.15, 0.2) is 5.82 Å². The van der Waals surface area contributed by atoms with E-state index in [1.165, 1.54) is 0 Å². The molecule has 0 saturated heterocycles. The van der Waals surface area contributed by atoms with Crippen LogP contribution in [-0.4, -0.2) is 25.5 Å². The van der Waals surface area contributed by atoms with Crippen molar-refractivity contribution >= 4 is 29.0 Å². The molecular weight excluding hydrogens is 338 g/mol. The minimum absolute atomic E-state index is 0.144. The second-order valence-electron chi connectivity index (χ2n) is 5.96. The summed E-state index contributed by atoms with van der Waals surface area (Å²) < 4.78 is 1.72. The maximum atomic E-state index is 12.4. The van der Waals surface area contributed by atoms with Crippen LogP contribution in [0, 0.1) is 13.8 Å². The number of amides is 1. The summed E-state index contributed by atoms with van der Waals surface area (Å²) in [5.41, 5.74) is 3.12. The number of carbonyl (C=O) groups excluding carboxylic acids is 1. The van der Waals surface area contributed by atoms with Gasteiger partial charge in [-0.2, -0.15) is 4.98 Å². The molecule has 25 heavy (non-hydrogen) atoms. The van der Waals surface area contributed by atoms with Crippen molar-refractivity contribution in [1.82, 2.24) is 19.6 Å². The molecule has 0 aliphatic carbocycles. The van der Waals surface area contributed by atoms with E-state index in [9.17, 15) is 4.79 Å². The summed E-state index contributed by atoms with van der Waals surface area (Å²) >= 11 is 6.09. The maximum Gasteiger partial charge on any atom is 0.252 e. The SMILES string of the molecule is CCCc1nc2nc(C)c(CC(=O)Nc3ccccc3Cl)c(C)n2n1. The van der Waals surface area contributed by atoms with Crippen molar-refractivity contribution in [2.75, 3.05) is 5.32 Å². The van der Waals surface area contributed by atoms with Crippen LogP contribution in [0.2, 0.25) is 5.02 Å². The Morgan fingerprint density at radius 3 is 2.72 bits per heavy atom. The molecule has 130 valence electrons. The van der Waals surface area contributed by atoms with Crippen LogP contribution in [0.15, 0.2) is 24.3 Å². The van der Waals surface area contributed by atoms with Crippen molar-refractivity contribution in [3.8, 4) is 0 Å². The van der Waals surface area contributed by atoms with E-state index in [-0.39, 0.29) is 12.3 Å². The first-order chi connectivity index (χ1) is 12.0. The summed E-state index contributed by atoms with van der Waals surface area (Å²) in [6.07, 6.45) is 1.99. The van der Waals surface area contributed by atoms with E-state index in [0.29, 0.717) is 16.5 Å². The van der Waals surface area contributed by atoms with Crippen LogP contribution in [-0.2, 0) is 17.6 Å². The molecule has 1 aromatic carbocycles. The van der Waals surface area contributed by atoms with Crippen LogP contribution in [0.5, 0.6) is 0 Å². The molecule has 0 atom stereocenters. The standard InChI is InChI=1S/C18H20ClN5O/c1-4-7-16-22-18-20-11(2)13(12(3)24(18)23-16)10-17(25)21-15-9-6-5-8-14(15)19/h5-6,8-9H,4,7,10H2,1-3H3,(H,21,25).